The van der Waals surface area contributed by atoms with Gasteiger partial charge in [-0.25, -0.2) is 0 Å². The smallest absolute Gasteiger partial charge is 0.194 e. The van der Waals surface area contributed by atoms with E-state index in [0.717, 1.165) is 18.8 Å². The average molecular weight is 294 g/mol. The van der Waals surface area contributed by atoms with Crippen molar-refractivity contribution in [1.82, 2.24) is 9.88 Å². The number of likely N-dealkylation sites (tertiary alicyclic amines) is 1. The molecule has 0 bridgehead atoms. The van der Waals surface area contributed by atoms with Crippen LogP contribution in [0.4, 0.5) is 0 Å². The van der Waals surface area contributed by atoms with Gasteiger partial charge in [-0.3, -0.25) is 9.78 Å². The molecule has 2 heterocycles. The van der Waals surface area contributed by atoms with Gasteiger partial charge < -0.3 is 4.90 Å². The summed E-state index contributed by atoms with van der Waals surface area (Å²) < 4.78 is 0. The largest absolute Gasteiger partial charge is 0.303 e. The van der Waals surface area contributed by atoms with Crippen LogP contribution in [0, 0.1) is 0 Å². The van der Waals surface area contributed by atoms with Crippen LogP contribution in [0.25, 0.3) is 0 Å². The number of aromatic nitrogens is 1. The number of pyridine rings is 1. The number of benzene rings is 1. The first-order valence-corrected chi connectivity index (χ1v) is 8.06. The third-order valence-electron chi connectivity index (χ3n) is 4.46. The van der Waals surface area contributed by atoms with Crippen molar-refractivity contribution in [2.75, 3.05) is 19.6 Å². The second kappa shape index (κ2) is 6.84. The molecule has 1 aromatic heterocycles. The molecule has 3 heteroatoms. The molecule has 3 rings (SSSR count). The summed E-state index contributed by atoms with van der Waals surface area (Å²) in [6, 6.07) is 13.3. The summed E-state index contributed by atoms with van der Waals surface area (Å²) in [4.78, 5) is 19.4. The van der Waals surface area contributed by atoms with Gasteiger partial charge in [-0.2, -0.15) is 0 Å². The van der Waals surface area contributed by atoms with Gasteiger partial charge in [0.1, 0.15) is 0 Å². The lowest BCUT2D eigenvalue weighted by atomic mass is 9.93. The molecule has 3 nitrogen and oxygen atoms in total. The summed E-state index contributed by atoms with van der Waals surface area (Å²) in [7, 11) is 0. The number of carbonyl (C=O) groups excluding carboxylic acids is 1. The molecule has 1 unspecified atom stereocenters. The van der Waals surface area contributed by atoms with Crippen LogP contribution in [0.2, 0.25) is 0 Å². The molecule has 114 valence electrons. The molecule has 1 atom stereocenters. The third kappa shape index (κ3) is 3.25. The van der Waals surface area contributed by atoms with Gasteiger partial charge in [0.2, 0.25) is 0 Å². The molecule has 0 aliphatic carbocycles. The molecule has 0 radical (unpaired) electrons. The van der Waals surface area contributed by atoms with E-state index >= 15 is 0 Å². The van der Waals surface area contributed by atoms with Crippen LogP contribution >= 0.6 is 0 Å². The minimum absolute atomic E-state index is 0.0403. The van der Waals surface area contributed by atoms with Crippen LogP contribution in [0.5, 0.6) is 0 Å². The van der Waals surface area contributed by atoms with Crippen molar-refractivity contribution < 1.29 is 4.79 Å². The zero-order valence-corrected chi connectivity index (χ0v) is 13.0. The van der Waals surface area contributed by atoms with Gasteiger partial charge in [0.25, 0.3) is 0 Å². The predicted molar refractivity (Wildman–Crippen MR) is 88.2 cm³/mol. The van der Waals surface area contributed by atoms with Crippen LogP contribution < -0.4 is 0 Å². The number of hydrogen-bond donors (Lipinski definition) is 0. The SMILES string of the molecule is CCN1CCCC(c2ccc(C(=O)c3ccccc3)cn2)C1. The fraction of sp³-hybridized carbons (Fsp3) is 0.368. The molecule has 2 aromatic rings. The monoisotopic (exact) mass is 294 g/mol. The van der Waals surface area contributed by atoms with Gasteiger partial charge in [0, 0.05) is 35.5 Å². The maximum atomic E-state index is 12.4. The first-order valence-electron chi connectivity index (χ1n) is 8.06. The lowest BCUT2D eigenvalue weighted by Gasteiger charge is -2.31. The molecule has 0 saturated carbocycles. The van der Waals surface area contributed by atoms with E-state index in [-0.39, 0.29) is 5.78 Å². The second-order valence-electron chi connectivity index (χ2n) is 5.90. The van der Waals surface area contributed by atoms with Crippen LogP contribution in [0.1, 0.15) is 47.3 Å². The van der Waals surface area contributed by atoms with Gasteiger partial charge in [0.15, 0.2) is 5.78 Å². The van der Waals surface area contributed by atoms with Crippen LogP contribution in [0.15, 0.2) is 48.7 Å². The Hall–Kier alpha value is -2.00. The molecule has 0 amide bonds. The summed E-state index contributed by atoms with van der Waals surface area (Å²) >= 11 is 0. The van der Waals surface area contributed by atoms with E-state index in [0.29, 0.717) is 17.0 Å². The van der Waals surface area contributed by atoms with Crippen molar-refractivity contribution in [3.8, 4) is 0 Å². The van der Waals surface area contributed by atoms with Crippen molar-refractivity contribution >= 4 is 5.78 Å². The summed E-state index contributed by atoms with van der Waals surface area (Å²) in [5.74, 6) is 0.535. The number of ketones is 1. The van der Waals surface area contributed by atoms with Crippen LogP contribution in [-0.2, 0) is 0 Å². The zero-order chi connectivity index (χ0) is 15.4. The number of likely N-dealkylation sites (N-methyl/N-ethyl adjacent to an activating group) is 1. The van der Waals surface area contributed by atoms with Crippen LogP contribution in [-0.4, -0.2) is 35.3 Å². The molecule has 1 aromatic carbocycles. The first kappa shape index (κ1) is 14.9. The van der Waals surface area contributed by atoms with Crippen molar-refractivity contribution in [3.63, 3.8) is 0 Å². The highest BCUT2D eigenvalue weighted by atomic mass is 16.1. The minimum atomic E-state index is 0.0403. The van der Waals surface area contributed by atoms with E-state index in [9.17, 15) is 4.79 Å². The fourth-order valence-corrected chi connectivity index (χ4v) is 3.12. The standard InChI is InChI=1S/C19H22N2O/c1-2-21-12-6-9-17(14-21)18-11-10-16(13-20-18)19(22)15-7-4-3-5-8-15/h3-5,7-8,10-11,13,17H,2,6,9,12,14H2,1H3. The Kier molecular flexibility index (Phi) is 4.64. The Morgan fingerprint density at radius 2 is 2.00 bits per heavy atom. The van der Waals surface area contributed by atoms with E-state index in [1.165, 1.54) is 19.4 Å². The lowest BCUT2D eigenvalue weighted by Crippen LogP contribution is -2.34. The maximum Gasteiger partial charge on any atom is 0.194 e. The lowest BCUT2D eigenvalue weighted by molar-refractivity contribution is 0.103. The molecule has 0 spiro atoms. The van der Waals surface area contributed by atoms with Gasteiger partial charge in [0.05, 0.1) is 0 Å². The van der Waals surface area contributed by atoms with Crippen molar-refractivity contribution in [3.05, 3.63) is 65.5 Å². The number of rotatable bonds is 4. The highest BCUT2D eigenvalue weighted by Gasteiger charge is 2.21. The van der Waals surface area contributed by atoms with E-state index in [2.05, 4.69) is 16.8 Å². The molecular formula is C19H22N2O. The Morgan fingerprint density at radius 3 is 2.68 bits per heavy atom. The fourth-order valence-electron chi connectivity index (χ4n) is 3.12. The molecule has 1 fully saturated rings. The molecular weight excluding hydrogens is 272 g/mol. The van der Waals surface area contributed by atoms with E-state index in [4.69, 9.17) is 0 Å². The van der Waals surface area contributed by atoms with E-state index in [1.54, 1.807) is 6.20 Å². The molecule has 22 heavy (non-hydrogen) atoms. The summed E-state index contributed by atoms with van der Waals surface area (Å²) in [6.07, 6.45) is 4.15. The number of carbonyl (C=O) groups is 1. The van der Waals surface area contributed by atoms with E-state index < -0.39 is 0 Å². The zero-order valence-electron chi connectivity index (χ0n) is 13.0. The second-order valence-corrected chi connectivity index (χ2v) is 5.90. The van der Waals surface area contributed by atoms with Gasteiger partial charge >= 0.3 is 0 Å². The van der Waals surface area contributed by atoms with Gasteiger partial charge in [-0.1, -0.05) is 37.3 Å². The predicted octanol–water partition coefficient (Wildman–Crippen LogP) is 3.51. The summed E-state index contributed by atoms with van der Waals surface area (Å²) in [5.41, 5.74) is 2.49. The number of piperidine rings is 1. The van der Waals surface area contributed by atoms with Crippen molar-refractivity contribution in [2.24, 2.45) is 0 Å². The number of hydrogen-bond acceptors (Lipinski definition) is 3. The Bertz CT molecular complexity index is 622. The maximum absolute atomic E-state index is 12.4. The molecule has 1 aliphatic rings. The van der Waals surface area contributed by atoms with Crippen LogP contribution in [0.3, 0.4) is 0 Å². The highest BCUT2D eigenvalue weighted by molar-refractivity contribution is 6.08. The van der Waals surface area contributed by atoms with Crippen molar-refractivity contribution in [1.29, 1.82) is 0 Å². The Labute approximate surface area is 132 Å². The summed E-state index contributed by atoms with van der Waals surface area (Å²) in [5, 5.41) is 0. The normalized spacial score (nSPS) is 19.0. The Morgan fingerprint density at radius 1 is 1.18 bits per heavy atom. The van der Waals surface area contributed by atoms with Crippen molar-refractivity contribution in [2.45, 2.75) is 25.7 Å². The van der Waals surface area contributed by atoms with Gasteiger partial charge in [-0.05, 0) is 38.1 Å². The molecule has 1 aliphatic heterocycles. The molecule has 1 saturated heterocycles. The highest BCUT2D eigenvalue weighted by Crippen LogP contribution is 2.25. The van der Waals surface area contributed by atoms with E-state index in [1.807, 2.05) is 42.5 Å². The van der Waals surface area contributed by atoms with Gasteiger partial charge in [-0.15, -0.1) is 0 Å². The first-order chi connectivity index (χ1) is 10.8. The third-order valence-corrected chi connectivity index (χ3v) is 4.46. The average Bonchev–Trinajstić information content (AvgIpc) is 2.62. The number of nitrogens with zero attached hydrogens (tertiary/aromatic N) is 2. The minimum Gasteiger partial charge on any atom is -0.303 e. The summed E-state index contributed by atoms with van der Waals surface area (Å²) in [6.45, 7) is 5.57. The molecule has 0 N–H and O–H groups in total. The quantitative estimate of drug-likeness (QED) is 0.809. The topological polar surface area (TPSA) is 33.2 Å². The Balaban J connectivity index is 1.74.